The fourth-order valence-corrected chi connectivity index (χ4v) is 4.82. The number of nitrogens with zero attached hydrogens (tertiary/aromatic N) is 6. The zero-order valence-electron chi connectivity index (χ0n) is 19.1. The van der Waals surface area contributed by atoms with E-state index in [-0.39, 0.29) is 12.6 Å². The summed E-state index contributed by atoms with van der Waals surface area (Å²) >= 11 is 1.45. The number of aliphatic hydroxyl groups excluding tert-OH is 1. The molecule has 1 saturated heterocycles. The van der Waals surface area contributed by atoms with Crippen molar-refractivity contribution in [3.05, 3.63) is 30.2 Å². The molecular formula is C22H25N7O4S. The van der Waals surface area contributed by atoms with Gasteiger partial charge in [0.15, 0.2) is 28.0 Å². The molecule has 0 spiro atoms. The molecule has 4 heterocycles. The van der Waals surface area contributed by atoms with E-state index < -0.39 is 0 Å². The van der Waals surface area contributed by atoms with E-state index in [1.54, 1.807) is 33.2 Å². The first-order valence-electron chi connectivity index (χ1n) is 10.7. The van der Waals surface area contributed by atoms with Gasteiger partial charge < -0.3 is 34.1 Å². The van der Waals surface area contributed by atoms with Crippen LogP contribution in [0.25, 0.3) is 16.0 Å². The van der Waals surface area contributed by atoms with Crippen LogP contribution < -0.4 is 24.4 Å². The minimum Gasteiger partial charge on any atom is -0.493 e. The molecule has 1 aliphatic heterocycles. The number of aliphatic hydroxyl groups is 1. The molecular weight excluding hydrogens is 458 g/mol. The summed E-state index contributed by atoms with van der Waals surface area (Å²) in [5.74, 6) is 3.35. The Balaban J connectivity index is 1.46. The molecule has 0 unspecified atom stereocenters. The molecule has 0 aliphatic carbocycles. The minimum atomic E-state index is 0.0342. The monoisotopic (exact) mass is 483 g/mol. The number of thiazole rings is 1. The van der Waals surface area contributed by atoms with Crippen molar-refractivity contribution in [3.63, 3.8) is 0 Å². The zero-order valence-corrected chi connectivity index (χ0v) is 19.9. The molecule has 3 aromatic heterocycles. The van der Waals surface area contributed by atoms with Crippen LogP contribution in [0.15, 0.2) is 30.2 Å². The lowest BCUT2D eigenvalue weighted by Crippen LogP contribution is -2.33. The maximum Gasteiger partial charge on any atom is 0.231 e. The molecule has 1 fully saturated rings. The zero-order chi connectivity index (χ0) is 23.7. The highest BCUT2D eigenvalue weighted by Crippen LogP contribution is 2.39. The van der Waals surface area contributed by atoms with Gasteiger partial charge in [-0.15, -0.1) is 11.3 Å². The van der Waals surface area contributed by atoms with Crippen molar-refractivity contribution in [2.75, 3.05) is 44.7 Å². The molecule has 0 amide bonds. The van der Waals surface area contributed by atoms with E-state index in [0.717, 1.165) is 41.2 Å². The lowest BCUT2D eigenvalue weighted by molar-refractivity contribution is 0.266. The molecule has 178 valence electrons. The summed E-state index contributed by atoms with van der Waals surface area (Å²) in [5, 5.41) is 13.0. The molecule has 11 nitrogen and oxygen atoms in total. The van der Waals surface area contributed by atoms with E-state index in [0.29, 0.717) is 29.0 Å². The predicted octanol–water partition coefficient (Wildman–Crippen LogP) is 3.00. The number of rotatable bonds is 8. The van der Waals surface area contributed by atoms with Gasteiger partial charge in [0.2, 0.25) is 11.7 Å². The van der Waals surface area contributed by atoms with Crippen LogP contribution in [-0.2, 0) is 0 Å². The van der Waals surface area contributed by atoms with Crippen molar-refractivity contribution in [2.45, 2.75) is 18.9 Å². The Labute approximate surface area is 200 Å². The highest BCUT2D eigenvalue weighted by Gasteiger charge is 2.28. The van der Waals surface area contributed by atoms with Crippen LogP contribution in [0.1, 0.15) is 12.8 Å². The Morgan fingerprint density at radius 1 is 1.12 bits per heavy atom. The van der Waals surface area contributed by atoms with Crippen LogP contribution in [0.3, 0.4) is 0 Å². The van der Waals surface area contributed by atoms with Crippen LogP contribution in [0.2, 0.25) is 0 Å². The second-order valence-electron chi connectivity index (χ2n) is 7.72. The van der Waals surface area contributed by atoms with Gasteiger partial charge in [-0.25, -0.2) is 9.97 Å². The normalized spacial score (nSPS) is 15.6. The number of imidazole rings is 1. The van der Waals surface area contributed by atoms with Gasteiger partial charge in [0, 0.05) is 18.7 Å². The van der Waals surface area contributed by atoms with Gasteiger partial charge >= 0.3 is 0 Å². The molecule has 4 aromatic rings. The molecule has 1 atom stereocenters. The number of fused-ring (bicyclic) bond motifs is 1. The van der Waals surface area contributed by atoms with E-state index in [2.05, 4.69) is 25.2 Å². The first-order chi connectivity index (χ1) is 16.6. The molecule has 2 N–H and O–H groups in total. The van der Waals surface area contributed by atoms with Crippen LogP contribution in [0.4, 0.5) is 17.6 Å². The molecule has 0 bridgehead atoms. The Morgan fingerprint density at radius 2 is 1.91 bits per heavy atom. The van der Waals surface area contributed by atoms with Crippen molar-refractivity contribution in [3.8, 4) is 22.9 Å². The molecule has 34 heavy (non-hydrogen) atoms. The molecule has 5 rings (SSSR count). The summed E-state index contributed by atoms with van der Waals surface area (Å²) in [5.41, 5.74) is 3.30. The highest BCUT2D eigenvalue weighted by molar-refractivity contribution is 7.16. The van der Waals surface area contributed by atoms with Crippen LogP contribution >= 0.6 is 11.3 Å². The number of aromatic nitrogens is 5. The maximum atomic E-state index is 9.79. The summed E-state index contributed by atoms with van der Waals surface area (Å²) in [6, 6.07) is 3.72. The lowest BCUT2D eigenvalue weighted by Gasteiger charge is -2.24. The second-order valence-corrected chi connectivity index (χ2v) is 8.56. The summed E-state index contributed by atoms with van der Waals surface area (Å²) < 4.78 is 18.1. The molecule has 0 saturated carbocycles. The largest absolute Gasteiger partial charge is 0.493 e. The summed E-state index contributed by atoms with van der Waals surface area (Å²) in [4.78, 5) is 21.2. The van der Waals surface area contributed by atoms with Gasteiger partial charge in [-0.05, 0) is 12.8 Å². The smallest absolute Gasteiger partial charge is 0.231 e. The first kappa shape index (κ1) is 22.2. The van der Waals surface area contributed by atoms with Gasteiger partial charge in [0.1, 0.15) is 11.8 Å². The van der Waals surface area contributed by atoms with Crippen LogP contribution in [-0.4, -0.2) is 70.1 Å². The van der Waals surface area contributed by atoms with Crippen molar-refractivity contribution in [1.29, 1.82) is 0 Å². The highest BCUT2D eigenvalue weighted by atomic mass is 32.1. The van der Waals surface area contributed by atoms with Crippen molar-refractivity contribution >= 4 is 39.3 Å². The van der Waals surface area contributed by atoms with Crippen molar-refractivity contribution < 1.29 is 19.3 Å². The number of methoxy groups -OCH3 is 3. The van der Waals surface area contributed by atoms with Crippen LogP contribution in [0, 0.1) is 0 Å². The maximum absolute atomic E-state index is 9.79. The lowest BCUT2D eigenvalue weighted by atomic mass is 10.2. The number of nitrogens with one attached hydrogen (secondary N) is 1. The summed E-state index contributed by atoms with van der Waals surface area (Å²) in [6.07, 6.45) is 5.43. The van der Waals surface area contributed by atoms with Crippen LogP contribution in [0.5, 0.6) is 17.2 Å². The molecule has 0 radical (unpaired) electrons. The average Bonchev–Trinajstić information content (AvgIpc) is 3.63. The van der Waals surface area contributed by atoms with Crippen molar-refractivity contribution in [2.24, 2.45) is 0 Å². The fraction of sp³-hybridized carbons (Fsp3) is 0.364. The Hall–Kier alpha value is -3.64. The first-order valence-corrected chi connectivity index (χ1v) is 11.6. The summed E-state index contributed by atoms with van der Waals surface area (Å²) in [6.45, 7) is 0.904. The predicted molar refractivity (Wildman–Crippen MR) is 129 cm³/mol. The quantitative estimate of drug-likeness (QED) is 0.387. The topological polar surface area (TPSA) is 120 Å². The number of ether oxygens (including phenoxy) is 3. The number of hydrogen-bond acceptors (Lipinski definition) is 11. The van der Waals surface area contributed by atoms with E-state index in [1.807, 2.05) is 22.9 Å². The van der Waals surface area contributed by atoms with Gasteiger partial charge in [-0.3, -0.25) is 0 Å². The standard InChI is InChI=1S/C22H25N7O4S/c1-31-15-7-14(8-16(32-2)19(15)33-3)28-9-17(23-11-28)25-22-26-20(18-21(27-22)34-12-24-18)29-6-4-5-13(29)10-30/h7-9,11-13,30H,4-6,10H2,1-3H3,(H,25,26,27)/t13-/m1/s1. The van der Waals surface area contributed by atoms with E-state index in [9.17, 15) is 5.11 Å². The van der Waals surface area contributed by atoms with Gasteiger partial charge in [0.25, 0.3) is 0 Å². The number of hydrogen-bond donors (Lipinski definition) is 2. The Bertz CT molecular complexity index is 1280. The molecule has 1 aromatic carbocycles. The van der Waals surface area contributed by atoms with Gasteiger partial charge in [0.05, 0.1) is 51.4 Å². The summed E-state index contributed by atoms with van der Waals surface area (Å²) in [7, 11) is 4.72. The Kier molecular flexibility index (Phi) is 6.07. The minimum absolute atomic E-state index is 0.0342. The second kappa shape index (κ2) is 9.31. The average molecular weight is 484 g/mol. The fourth-order valence-electron chi connectivity index (χ4n) is 4.17. The van der Waals surface area contributed by atoms with Gasteiger partial charge in [-0.1, -0.05) is 0 Å². The SMILES string of the molecule is COc1cc(-n2cnc(Nc3nc(N4CCC[C@@H]4CO)c4ncsc4n3)c2)cc(OC)c1OC. The van der Waals surface area contributed by atoms with Crippen molar-refractivity contribution in [1.82, 2.24) is 24.5 Å². The van der Waals surface area contributed by atoms with E-state index in [1.165, 1.54) is 11.3 Å². The van der Waals surface area contributed by atoms with E-state index >= 15 is 0 Å². The van der Waals surface area contributed by atoms with Gasteiger partial charge in [-0.2, -0.15) is 9.97 Å². The Morgan fingerprint density at radius 3 is 2.62 bits per heavy atom. The number of benzene rings is 1. The molecule has 1 aliphatic rings. The third-order valence-electron chi connectivity index (χ3n) is 5.81. The number of anilines is 3. The van der Waals surface area contributed by atoms with E-state index in [4.69, 9.17) is 19.2 Å². The third-order valence-corrected chi connectivity index (χ3v) is 6.53. The third kappa shape index (κ3) is 3.94. The molecule has 12 heteroatoms.